The minimum atomic E-state index is -7.49. The van der Waals surface area contributed by atoms with Crippen molar-refractivity contribution in [1.29, 1.82) is 0 Å². The summed E-state index contributed by atoms with van der Waals surface area (Å²) in [4.78, 5) is 52.9. The van der Waals surface area contributed by atoms with E-state index in [0.29, 0.717) is 0 Å². The second kappa shape index (κ2) is 10.6. The molecule has 2 amide bonds. The largest absolute Gasteiger partial charge is 0.460 e. The van der Waals surface area contributed by atoms with Crippen molar-refractivity contribution in [3.63, 3.8) is 0 Å². The first-order valence-corrected chi connectivity index (χ1v) is 12.0. The fraction of sp³-hybridized carbons (Fsp3) is 0.600. The van der Waals surface area contributed by atoms with Crippen LogP contribution in [0.2, 0.25) is 0 Å². The summed E-state index contributed by atoms with van der Waals surface area (Å²) in [6, 6.07) is 4.62. The van der Waals surface area contributed by atoms with Gasteiger partial charge < -0.3 is 9.47 Å². The lowest BCUT2D eigenvalue weighted by Gasteiger charge is -2.45. The molecule has 1 aliphatic carbocycles. The van der Waals surface area contributed by atoms with Crippen LogP contribution >= 0.6 is 0 Å². The van der Waals surface area contributed by atoms with Crippen molar-refractivity contribution in [2.24, 2.45) is 0 Å². The van der Waals surface area contributed by atoms with Crippen molar-refractivity contribution >= 4 is 23.8 Å². The maximum absolute atomic E-state index is 15.2. The van der Waals surface area contributed by atoms with Crippen LogP contribution in [-0.2, 0) is 20.7 Å². The van der Waals surface area contributed by atoms with Gasteiger partial charge in [0, 0.05) is 5.56 Å². The van der Waals surface area contributed by atoms with Gasteiger partial charge in [-0.15, -0.1) is 0 Å². The fourth-order valence-corrected chi connectivity index (χ4v) is 3.92. The molecule has 1 N–H and O–H groups in total. The molecule has 236 valence electrons. The standard InChI is InChI=1S/C25H27F9N2O6/c1-19(2,3)41-17(39)35-36(18(40)42-20(4,5)6)21(12-11-13-9-7-8-10-14(13)15(21)37)16(38)22(26,27)23(28,29)24(30,31)25(32,33)34/h7-10H,11-12H2,1-6H3,(H,35,39)/t21-/m0/s1. The molecule has 8 nitrogen and oxygen atoms in total. The van der Waals surface area contributed by atoms with Crippen LogP contribution in [0.3, 0.4) is 0 Å². The maximum atomic E-state index is 15.2. The highest BCUT2D eigenvalue weighted by Gasteiger charge is 2.85. The van der Waals surface area contributed by atoms with Crippen LogP contribution < -0.4 is 5.43 Å². The Hall–Kier alpha value is -3.53. The van der Waals surface area contributed by atoms with Crippen LogP contribution in [0.1, 0.15) is 63.9 Å². The van der Waals surface area contributed by atoms with Crippen molar-refractivity contribution in [2.45, 2.75) is 95.1 Å². The van der Waals surface area contributed by atoms with Crippen LogP contribution in [0.25, 0.3) is 0 Å². The number of nitrogens with one attached hydrogen (secondary N) is 1. The normalized spacial score (nSPS) is 18.6. The highest BCUT2D eigenvalue weighted by molar-refractivity contribution is 6.23. The van der Waals surface area contributed by atoms with Crippen molar-refractivity contribution in [3.8, 4) is 0 Å². The topological polar surface area (TPSA) is 102 Å². The molecule has 0 saturated heterocycles. The van der Waals surface area contributed by atoms with Crippen LogP contribution in [-0.4, -0.2) is 69.4 Å². The van der Waals surface area contributed by atoms with Gasteiger partial charge in [0.05, 0.1) is 0 Å². The summed E-state index contributed by atoms with van der Waals surface area (Å²) >= 11 is 0. The molecule has 2 rings (SSSR count). The zero-order valence-corrected chi connectivity index (χ0v) is 23.0. The lowest BCUT2D eigenvalue weighted by Crippen LogP contribution is -2.75. The van der Waals surface area contributed by atoms with Gasteiger partial charge in [-0.05, 0) is 59.9 Å². The fourth-order valence-electron chi connectivity index (χ4n) is 3.92. The van der Waals surface area contributed by atoms with E-state index in [1.807, 2.05) is 0 Å². The van der Waals surface area contributed by atoms with Crippen LogP contribution in [0, 0.1) is 0 Å². The molecule has 0 unspecified atom stereocenters. The first-order chi connectivity index (χ1) is 18.6. The molecule has 0 radical (unpaired) electrons. The summed E-state index contributed by atoms with van der Waals surface area (Å²) in [6.07, 6.45) is -13.0. The van der Waals surface area contributed by atoms with Gasteiger partial charge in [0.15, 0.2) is 11.3 Å². The molecule has 17 heteroatoms. The van der Waals surface area contributed by atoms with Gasteiger partial charge >= 0.3 is 36.1 Å². The predicted molar refractivity (Wildman–Crippen MR) is 125 cm³/mol. The number of carbonyl (C=O) groups excluding carboxylic acids is 4. The quantitative estimate of drug-likeness (QED) is 0.236. The Balaban J connectivity index is 2.92. The van der Waals surface area contributed by atoms with Gasteiger partial charge in [0.25, 0.3) is 0 Å². The Bertz CT molecular complexity index is 1250. The summed E-state index contributed by atoms with van der Waals surface area (Å²) in [7, 11) is 0. The van der Waals surface area contributed by atoms with E-state index in [1.165, 1.54) is 59.1 Å². The number of aryl methyl sites for hydroxylation is 1. The monoisotopic (exact) mass is 622 g/mol. The third-order valence-corrected chi connectivity index (χ3v) is 5.76. The van der Waals surface area contributed by atoms with Crippen molar-refractivity contribution in [2.75, 3.05) is 0 Å². The molecule has 0 heterocycles. The lowest BCUT2D eigenvalue weighted by molar-refractivity contribution is -0.389. The van der Waals surface area contributed by atoms with Crippen LogP contribution in [0.15, 0.2) is 24.3 Å². The average Bonchev–Trinajstić information content (AvgIpc) is 2.80. The molecule has 0 aliphatic heterocycles. The maximum Gasteiger partial charge on any atom is 0.460 e. The van der Waals surface area contributed by atoms with E-state index < -0.39 is 87.9 Å². The number of hydrazine groups is 1. The van der Waals surface area contributed by atoms with Gasteiger partial charge in [-0.3, -0.25) is 9.59 Å². The van der Waals surface area contributed by atoms with Gasteiger partial charge in [-0.25, -0.2) is 15.0 Å². The zero-order chi connectivity index (χ0) is 32.9. The predicted octanol–water partition coefficient (Wildman–Crippen LogP) is 6.27. The van der Waals surface area contributed by atoms with E-state index >= 15 is 8.78 Å². The Morgan fingerprint density at radius 1 is 0.810 bits per heavy atom. The van der Waals surface area contributed by atoms with Crippen molar-refractivity contribution < 1.29 is 68.2 Å². The number of nitrogens with zero attached hydrogens (tertiary/aromatic N) is 1. The number of Topliss-reactive ketones (excluding diaryl/α,β-unsaturated/α-hetero) is 2. The summed E-state index contributed by atoms with van der Waals surface area (Å²) < 4.78 is 135. The van der Waals surface area contributed by atoms with E-state index in [-0.39, 0.29) is 5.56 Å². The number of benzene rings is 1. The van der Waals surface area contributed by atoms with Crippen LogP contribution in [0.4, 0.5) is 49.1 Å². The summed E-state index contributed by atoms with van der Waals surface area (Å²) in [6.45, 7) is 7.41. The second-order valence-electron chi connectivity index (χ2n) is 11.3. The smallest absolute Gasteiger partial charge is 0.443 e. The molecule has 1 aromatic carbocycles. The average molecular weight is 622 g/mol. The van der Waals surface area contributed by atoms with Gasteiger partial charge in [0.1, 0.15) is 11.2 Å². The van der Waals surface area contributed by atoms with Gasteiger partial charge in [0.2, 0.25) is 5.78 Å². The first kappa shape index (κ1) is 34.7. The van der Waals surface area contributed by atoms with E-state index in [9.17, 15) is 49.9 Å². The summed E-state index contributed by atoms with van der Waals surface area (Å²) in [5.41, 5.74) is -6.13. The molecule has 1 atom stereocenters. The molecule has 0 bridgehead atoms. The number of fused-ring (bicyclic) bond motifs is 1. The van der Waals surface area contributed by atoms with Crippen molar-refractivity contribution in [1.82, 2.24) is 10.4 Å². The molecule has 0 fully saturated rings. The number of ether oxygens (including phenoxy) is 2. The number of ketones is 2. The zero-order valence-electron chi connectivity index (χ0n) is 23.0. The molecule has 42 heavy (non-hydrogen) atoms. The number of alkyl halides is 9. The molecule has 0 aromatic heterocycles. The second-order valence-corrected chi connectivity index (χ2v) is 11.3. The molecule has 1 aliphatic rings. The highest BCUT2D eigenvalue weighted by Crippen LogP contribution is 2.55. The third-order valence-electron chi connectivity index (χ3n) is 5.76. The van der Waals surface area contributed by atoms with Gasteiger partial charge in [-0.2, -0.15) is 44.5 Å². The Labute approximate surface area is 233 Å². The third kappa shape index (κ3) is 6.14. The highest BCUT2D eigenvalue weighted by atomic mass is 19.4. The van der Waals surface area contributed by atoms with E-state index in [4.69, 9.17) is 9.47 Å². The number of carbonyl (C=O) groups is 4. The lowest BCUT2D eigenvalue weighted by atomic mass is 9.71. The molecule has 0 saturated carbocycles. The summed E-state index contributed by atoms with van der Waals surface area (Å²) in [5, 5.41) is -0.525. The Morgan fingerprint density at radius 2 is 1.31 bits per heavy atom. The molecule has 0 spiro atoms. The molecular weight excluding hydrogens is 595 g/mol. The minimum Gasteiger partial charge on any atom is -0.443 e. The number of hydrogen-bond donors (Lipinski definition) is 1. The SMILES string of the molecule is CC(C)(C)OC(=O)NN(C(=O)OC(C)(C)C)[C@@]1(C(=O)C(F)(F)C(F)(F)C(F)(F)C(F)(F)F)CCc2ccccc2C1=O. The van der Waals surface area contributed by atoms with E-state index in [2.05, 4.69) is 0 Å². The number of halogens is 9. The number of amides is 2. The number of hydrogen-bond acceptors (Lipinski definition) is 6. The Morgan fingerprint density at radius 3 is 1.79 bits per heavy atom. The minimum absolute atomic E-state index is 0.0167. The summed E-state index contributed by atoms with van der Waals surface area (Å²) in [5.74, 6) is -27.4. The first-order valence-electron chi connectivity index (χ1n) is 12.0. The molecule has 1 aromatic rings. The van der Waals surface area contributed by atoms with E-state index in [0.717, 1.165) is 12.1 Å². The van der Waals surface area contributed by atoms with Gasteiger partial charge in [-0.1, -0.05) is 24.3 Å². The van der Waals surface area contributed by atoms with E-state index in [1.54, 1.807) is 0 Å². The Kier molecular flexibility index (Phi) is 8.78. The van der Waals surface area contributed by atoms with Crippen molar-refractivity contribution in [3.05, 3.63) is 35.4 Å². The molecular formula is C25H27F9N2O6. The number of rotatable bonds is 5. The van der Waals surface area contributed by atoms with Crippen LogP contribution in [0.5, 0.6) is 0 Å².